The van der Waals surface area contributed by atoms with E-state index in [4.69, 9.17) is 4.74 Å². The molecule has 0 heterocycles. The first kappa shape index (κ1) is 15.6. The van der Waals surface area contributed by atoms with E-state index in [1.807, 2.05) is 18.2 Å². The molecule has 2 aliphatic carbocycles. The Morgan fingerprint density at radius 2 is 1.86 bits per heavy atom. The Morgan fingerprint density at radius 1 is 1.14 bits per heavy atom. The van der Waals surface area contributed by atoms with E-state index in [2.05, 4.69) is 32.9 Å². The molecule has 2 aliphatic rings. The lowest BCUT2D eigenvalue weighted by Crippen LogP contribution is -2.36. The molecule has 3 unspecified atom stereocenters. The number of hydrogen-bond acceptors (Lipinski definition) is 2. The van der Waals surface area contributed by atoms with Crippen molar-refractivity contribution in [1.82, 2.24) is 0 Å². The van der Waals surface area contributed by atoms with Crippen LogP contribution in [0.3, 0.4) is 0 Å². The van der Waals surface area contributed by atoms with Gasteiger partial charge >= 0.3 is 5.97 Å². The predicted octanol–water partition coefficient (Wildman–Crippen LogP) is 4.79. The molecule has 0 aliphatic heterocycles. The third-order valence-corrected chi connectivity index (χ3v) is 5.55. The minimum absolute atomic E-state index is 0.0404. The third-order valence-electron chi connectivity index (χ3n) is 5.55. The van der Waals surface area contributed by atoms with Crippen molar-refractivity contribution in [3.63, 3.8) is 0 Å². The summed E-state index contributed by atoms with van der Waals surface area (Å²) in [6, 6.07) is 10.4. The lowest BCUT2D eigenvalue weighted by Gasteiger charge is -2.36. The lowest BCUT2D eigenvalue weighted by atomic mass is 9.75. The maximum absolute atomic E-state index is 12.5. The average Bonchev–Trinajstić information content (AvgIpc) is 3.28. The van der Waals surface area contributed by atoms with Crippen LogP contribution in [-0.2, 0) is 9.53 Å². The van der Waals surface area contributed by atoms with Crippen LogP contribution in [0.15, 0.2) is 30.3 Å². The molecule has 0 amide bonds. The zero-order valence-electron chi connectivity index (χ0n) is 14.0. The predicted molar refractivity (Wildman–Crippen MR) is 88.5 cm³/mol. The van der Waals surface area contributed by atoms with E-state index in [0.717, 1.165) is 12.8 Å². The molecule has 2 saturated carbocycles. The highest BCUT2D eigenvalue weighted by Gasteiger charge is 2.46. The molecule has 0 aromatic heterocycles. The number of hydrogen-bond donors (Lipinski definition) is 0. The smallest absolute Gasteiger partial charge is 0.309 e. The summed E-state index contributed by atoms with van der Waals surface area (Å²) < 4.78 is 5.97. The molecule has 0 saturated heterocycles. The molecule has 0 spiro atoms. The highest BCUT2D eigenvalue weighted by molar-refractivity contribution is 5.77. The average molecular weight is 300 g/mol. The first-order chi connectivity index (χ1) is 10.6. The van der Waals surface area contributed by atoms with Crippen LogP contribution < -0.4 is 0 Å². The minimum atomic E-state index is 0.0404. The molecule has 1 aromatic carbocycles. The largest absolute Gasteiger partial charge is 0.462 e. The zero-order valence-corrected chi connectivity index (χ0v) is 14.0. The van der Waals surface area contributed by atoms with E-state index in [1.54, 1.807) is 0 Å². The maximum atomic E-state index is 12.5. The van der Waals surface area contributed by atoms with E-state index in [9.17, 15) is 4.79 Å². The first-order valence-electron chi connectivity index (χ1n) is 8.81. The Hall–Kier alpha value is -1.31. The van der Waals surface area contributed by atoms with E-state index >= 15 is 0 Å². The first-order valence-corrected chi connectivity index (χ1v) is 8.81. The monoisotopic (exact) mass is 300 g/mol. The van der Waals surface area contributed by atoms with Crippen molar-refractivity contribution >= 4 is 5.97 Å². The van der Waals surface area contributed by atoms with Crippen molar-refractivity contribution in [2.75, 3.05) is 0 Å². The fraction of sp³-hybridized carbons (Fsp3) is 0.650. The van der Waals surface area contributed by atoms with Gasteiger partial charge in [0.2, 0.25) is 0 Å². The van der Waals surface area contributed by atoms with Gasteiger partial charge in [0.15, 0.2) is 0 Å². The van der Waals surface area contributed by atoms with Gasteiger partial charge in [-0.1, -0.05) is 57.5 Å². The quantitative estimate of drug-likeness (QED) is 0.747. The molecular weight excluding hydrogens is 272 g/mol. The summed E-state index contributed by atoms with van der Waals surface area (Å²) in [4.78, 5) is 12.5. The molecule has 0 N–H and O–H groups in total. The van der Waals surface area contributed by atoms with Crippen molar-refractivity contribution in [2.45, 2.75) is 58.5 Å². The van der Waals surface area contributed by atoms with Gasteiger partial charge in [-0.15, -0.1) is 0 Å². The van der Waals surface area contributed by atoms with Crippen LogP contribution >= 0.6 is 0 Å². The van der Waals surface area contributed by atoms with Crippen molar-refractivity contribution in [3.8, 4) is 0 Å². The fourth-order valence-corrected chi connectivity index (χ4v) is 4.01. The highest BCUT2D eigenvalue weighted by atomic mass is 16.5. The van der Waals surface area contributed by atoms with E-state index in [-0.39, 0.29) is 18.0 Å². The number of esters is 1. The van der Waals surface area contributed by atoms with Gasteiger partial charge in [0.1, 0.15) is 6.10 Å². The third kappa shape index (κ3) is 3.37. The number of ether oxygens (including phenoxy) is 1. The van der Waals surface area contributed by atoms with Crippen LogP contribution in [0.5, 0.6) is 0 Å². The summed E-state index contributed by atoms with van der Waals surface area (Å²) in [6.45, 7) is 6.79. The van der Waals surface area contributed by atoms with Crippen LogP contribution in [0, 0.1) is 23.7 Å². The van der Waals surface area contributed by atoms with Crippen LogP contribution in [0.25, 0.3) is 0 Å². The molecule has 5 atom stereocenters. The second-order valence-electron chi connectivity index (χ2n) is 7.66. The number of carbonyl (C=O) groups is 1. The Kier molecular flexibility index (Phi) is 4.56. The highest BCUT2D eigenvalue weighted by Crippen LogP contribution is 2.49. The molecule has 22 heavy (non-hydrogen) atoms. The van der Waals surface area contributed by atoms with Gasteiger partial charge < -0.3 is 4.74 Å². The topological polar surface area (TPSA) is 26.3 Å². The lowest BCUT2D eigenvalue weighted by molar-refractivity contribution is -0.157. The van der Waals surface area contributed by atoms with E-state index < -0.39 is 0 Å². The number of benzene rings is 1. The SMILES string of the molecule is CC1CCC(C(C)C)C(OC(=O)[C@H]2C[C@H]2c2ccccc2)C1. The van der Waals surface area contributed by atoms with Gasteiger partial charge in [-0.05, 0) is 48.5 Å². The summed E-state index contributed by atoms with van der Waals surface area (Å²) in [7, 11) is 0. The molecule has 2 nitrogen and oxygen atoms in total. The van der Waals surface area contributed by atoms with E-state index in [0.29, 0.717) is 23.7 Å². The summed E-state index contributed by atoms with van der Waals surface area (Å²) in [5.74, 6) is 2.32. The van der Waals surface area contributed by atoms with Crippen molar-refractivity contribution in [1.29, 1.82) is 0 Å². The molecule has 2 heteroatoms. The van der Waals surface area contributed by atoms with E-state index in [1.165, 1.54) is 18.4 Å². The van der Waals surface area contributed by atoms with Crippen LogP contribution in [0.4, 0.5) is 0 Å². The van der Waals surface area contributed by atoms with Crippen molar-refractivity contribution in [3.05, 3.63) is 35.9 Å². The molecule has 120 valence electrons. The van der Waals surface area contributed by atoms with Gasteiger partial charge in [-0.3, -0.25) is 4.79 Å². The standard InChI is InChI=1S/C20H28O2/c1-13(2)16-10-9-14(3)11-19(16)22-20(21)18-12-17(18)15-7-5-4-6-8-15/h4-8,13-14,16-19H,9-12H2,1-3H3/t14?,16?,17-,18-,19?/m0/s1. The van der Waals surface area contributed by atoms with Gasteiger partial charge in [-0.25, -0.2) is 0 Å². The molecule has 3 rings (SSSR count). The summed E-state index contributed by atoms with van der Waals surface area (Å²) in [6.07, 6.45) is 4.60. The molecule has 0 radical (unpaired) electrons. The van der Waals surface area contributed by atoms with Gasteiger partial charge in [0, 0.05) is 0 Å². The molecular formula is C20H28O2. The summed E-state index contributed by atoms with van der Waals surface area (Å²) in [5.41, 5.74) is 1.28. The van der Waals surface area contributed by atoms with Crippen LogP contribution in [0.2, 0.25) is 0 Å². The van der Waals surface area contributed by atoms with Crippen LogP contribution in [0.1, 0.15) is 57.9 Å². The Morgan fingerprint density at radius 3 is 2.55 bits per heavy atom. The molecule has 1 aromatic rings. The Balaban J connectivity index is 1.59. The molecule has 0 bridgehead atoms. The summed E-state index contributed by atoms with van der Waals surface area (Å²) >= 11 is 0. The summed E-state index contributed by atoms with van der Waals surface area (Å²) in [5, 5.41) is 0. The van der Waals surface area contributed by atoms with Crippen molar-refractivity contribution in [2.24, 2.45) is 23.7 Å². The van der Waals surface area contributed by atoms with Gasteiger partial charge in [0.05, 0.1) is 5.92 Å². The second-order valence-corrected chi connectivity index (χ2v) is 7.66. The van der Waals surface area contributed by atoms with Crippen molar-refractivity contribution < 1.29 is 9.53 Å². The molecule has 2 fully saturated rings. The Labute approximate surface area is 134 Å². The minimum Gasteiger partial charge on any atom is -0.462 e. The zero-order chi connectivity index (χ0) is 15.7. The normalized spacial score (nSPS) is 34.5. The van der Waals surface area contributed by atoms with Crippen LogP contribution in [-0.4, -0.2) is 12.1 Å². The second kappa shape index (κ2) is 6.44. The van der Waals surface area contributed by atoms with Gasteiger partial charge in [-0.2, -0.15) is 0 Å². The number of carbonyl (C=O) groups excluding carboxylic acids is 1. The fourth-order valence-electron chi connectivity index (χ4n) is 4.01. The number of rotatable bonds is 4. The Bertz CT molecular complexity index is 508. The maximum Gasteiger partial charge on any atom is 0.309 e. The van der Waals surface area contributed by atoms with Gasteiger partial charge in [0.25, 0.3) is 0 Å².